The summed E-state index contributed by atoms with van der Waals surface area (Å²) in [6, 6.07) is 5.05. The predicted octanol–water partition coefficient (Wildman–Crippen LogP) is 5.21. The Labute approximate surface area is 181 Å². The van der Waals surface area contributed by atoms with E-state index in [4.69, 9.17) is 9.16 Å². The van der Waals surface area contributed by atoms with E-state index < -0.39 is 20.4 Å². The summed E-state index contributed by atoms with van der Waals surface area (Å²) >= 11 is 0. The van der Waals surface area contributed by atoms with Crippen molar-refractivity contribution in [2.24, 2.45) is 0 Å². The van der Waals surface area contributed by atoms with Gasteiger partial charge in [0.15, 0.2) is 14.4 Å². The number of aliphatic hydroxyl groups excluding tert-OH is 1. The first-order chi connectivity index (χ1) is 13.9. The topological polar surface area (TPSA) is 67.8 Å². The Bertz CT molecular complexity index is 712. The number of carbonyl (C=O) groups is 1. The maximum absolute atomic E-state index is 14.7. The third kappa shape index (κ3) is 6.53. The van der Waals surface area contributed by atoms with E-state index >= 15 is 0 Å². The minimum Gasteiger partial charge on any atom is -0.464 e. The molecule has 0 bridgehead atoms. The Hall–Kier alpha value is -1.44. The van der Waals surface area contributed by atoms with Crippen molar-refractivity contribution in [2.45, 2.75) is 89.6 Å². The van der Waals surface area contributed by atoms with Crippen LogP contribution in [0.1, 0.15) is 64.9 Å². The van der Waals surface area contributed by atoms with Crippen LogP contribution in [0, 0.1) is 5.82 Å². The highest BCUT2D eigenvalue weighted by Gasteiger charge is 2.40. The second-order valence-corrected chi connectivity index (χ2v) is 14.5. The highest BCUT2D eigenvalue weighted by molar-refractivity contribution is 6.74. The monoisotopic (exact) mass is 439 g/mol. The number of rotatable bonds is 8. The van der Waals surface area contributed by atoms with Crippen LogP contribution in [0.25, 0.3) is 0 Å². The first-order valence-corrected chi connectivity index (χ1v) is 13.9. The molecule has 1 saturated carbocycles. The zero-order valence-corrected chi connectivity index (χ0v) is 20.3. The zero-order chi connectivity index (χ0) is 22.5. The number of aliphatic hydroxyl groups is 1. The maximum atomic E-state index is 14.7. The number of ether oxygens (including phenoxy) is 1. The second kappa shape index (κ2) is 10.2. The Morgan fingerprint density at radius 2 is 1.90 bits per heavy atom. The fourth-order valence-corrected chi connectivity index (χ4v) is 5.01. The number of esters is 1. The molecule has 0 radical (unpaired) electrons. The fraction of sp³-hybridized carbons (Fsp3) is 0.696. The summed E-state index contributed by atoms with van der Waals surface area (Å²) in [5.74, 6) is -0.735. The summed E-state index contributed by atoms with van der Waals surface area (Å²) in [6.07, 6.45) is 2.76. The molecule has 170 valence electrons. The van der Waals surface area contributed by atoms with Crippen molar-refractivity contribution in [1.82, 2.24) is 0 Å². The molecule has 0 aliphatic heterocycles. The van der Waals surface area contributed by atoms with Gasteiger partial charge in [-0.25, -0.2) is 9.18 Å². The smallest absolute Gasteiger partial charge is 0.336 e. The van der Waals surface area contributed by atoms with Gasteiger partial charge >= 0.3 is 5.97 Å². The summed E-state index contributed by atoms with van der Waals surface area (Å²) in [4.78, 5) is 11.5. The number of anilines is 1. The highest BCUT2D eigenvalue weighted by Crippen LogP contribution is 2.41. The van der Waals surface area contributed by atoms with Gasteiger partial charge in [0.2, 0.25) is 0 Å². The van der Waals surface area contributed by atoms with Gasteiger partial charge in [0.05, 0.1) is 13.2 Å². The molecule has 1 atom stereocenters. The largest absolute Gasteiger partial charge is 0.464 e. The van der Waals surface area contributed by atoms with Crippen molar-refractivity contribution in [1.29, 1.82) is 0 Å². The van der Waals surface area contributed by atoms with Gasteiger partial charge < -0.3 is 19.6 Å². The van der Waals surface area contributed by atoms with Gasteiger partial charge in [-0.05, 0) is 74.4 Å². The molecule has 0 heterocycles. The third-order valence-corrected chi connectivity index (χ3v) is 11.0. The molecule has 0 saturated heterocycles. The van der Waals surface area contributed by atoms with E-state index in [1.54, 1.807) is 13.0 Å². The lowest BCUT2D eigenvalue weighted by Gasteiger charge is -2.41. The molecular formula is C23H38FNO4Si. The van der Waals surface area contributed by atoms with Gasteiger partial charge in [-0.3, -0.25) is 0 Å². The van der Waals surface area contributed by atoms with Crippen molar-refractivity contribution >= 4 is 20.0 Å². The van der Waals surface area contributed by atoms with Crippen LogP contribution in [0.3, 0.4) is 0 Å². The van der Waals surface area contributed by atoms with Crippen LogP contribution in [0.5, 0.6) is 0 Å². The molecule has 1 aliphatic rings. The molecule has 1 fully saturated rings. The molecule has 7 heteroatoms. The quantitative estimate of drug-likeness (QED) is 0.430. The Balaban J connectivity index is 1.90. The van der Waals surface area contributed by atoms with Crippen LogP contribution in [0.15, 0.2) is 18.2 Å². The van der Waals surface area contributed by atoms with E-state index in [1.165, 1.54) is 6.07 Å². The van der Waals surface area contributed by atoms with Crippen LogP contribution in [0.2, 0.25) is 18.1 Å². The molecule has 1 aromatic rings. The Kier molecular flexibility index (Phi) is 8.48. The van der Waals surface area contributed by atoms with Crippen molar-refractivity contribution < 1.29 is 23.5 Å². The average molecular weight is 440 g/mol. The van der Waals surface area contributed by atoms with Crippen LogP contribution in [-0.2, 0) is 14.0 Å². The molecule has 0 spiro atoms. The van der Waals surface area contributed by atoms with Gasteiger partial charge in [-0.2, -0.15) is 0 Å². The number of hydrogen-bond donors (Lipinski definition) is 2. The first-order valence-electron chi connectivity index (χ1n) is 11.0. The van der Waals surface area contributed by atoms with Gasteiger partial charge in [-0.15, -0.1) is 0 Å². The molecule has 2 N–H and O–H groups in total. The van der Waals surface area contributed by atoms with Crippen LogP contribution in [-0.4, -0.2) is 44.8 Å². The molecule has 1 unspecified atom stereocenters. The number of nitrogens with one attached hydrogen (secondary N) is 1. The van der Waals surface area contributed by atoms with E-state index in [0.29, 0.717) is 5.69 Å². The van der Waals surface area contributed by atoms with Crippen LogP contribution in [0.4, 0.5) is 10.1 Å². The predicted molar refractivity (Wildman–Crippen MR) is 121 cm³/mol. The third-order valence-electron chi connectivity index (χ3n) is 6.44. The Morgan fingerprint density at radius 1 is 1.27 bits per heavy atom. The van der Waals surface area contributed by atoms with Gasteiger partial charge in [0.25, 0.3) is 0 Å². The normalized spacial score (nSPS) is 21.2. The Morgan fingerprint density at radius 3 is 2.43 bits per heavy atom. The van der Waals surface area contributed by atoms with Gasteiger partial charge in [-0.1, -0.05) is 26.8 Å². The molecule has 0 aromatic heterocycles. The lowest BCUT2D eigenvalue weighted by molar-refractivity contribution is -0.152. The molecule has 1 aromatic carbocycles. The number of benzene rings is 1. The van der Waals surface area contributed by atoms with Crippen molar-refractivity contribution in [3.8, 4) is 0 Å². The minimum absolute atomic E-state index is 0.0203. The van der Waals surface area contributed by atoms with Crippen molar-refractivity contribution in [3.05, 3.63) is 29.6 Å². The molecular weight excluding hydrogens is 401 g/mol. The van der Waals surface area contributed by atoms with Crippen molar-refractivity contribution in [3.63, 3.8) is 0 Å². The van der Waals surface area contributed by atoms with E-state index in [2.05, 4.69) is 39.2 Å². The molecule has 0 amide bonds. The molecule has 2 rings (SSSR count). The maximum Gasteiger partial charge on any atom is 0.336 e. The molecule has 5 nitrogen and oxygen atoms in total. The molecule has 30 heavy (non-hydrogen) atoms. The fourth-order valence-electron chi connectivity index (χ4n) is 3.59. The lowest BCUT2D eigenvalue weighted by Crippen LogP contribution is -2.44. The molecule has 1 aliphatic carbocycles. The SMILES string of the molecule is CCOC(=O)C(O)CNc1ccc(C2CCC(O[Si](C)(C)C(C)(C)C)CC2)c(F)c1. The minimum atomic E-state index is -1.78. The van der Waals surface area contributed by atoms with E-state index in [0.717, 1.165) is 31.2 Å². The first kappa shape index (κ1) is 24.8. The summed E-state index contributed by atoms with van der Waals surface area (Å²) < 4.78 is 26.0. The summed E-state index contributed by atoms with van der Waals surface area (Å²) in [7, 11) is -1.78. The summed E-state index contributed by atoms with van der Waals surface area (Å²) in [5.41, 5.74) is 1.27. The second-order valence-electron chi connectivity index (χ2n) is 9.74. The number of carbonyl (C=O) groups excluding carboxylic acids is 1. The zero-order valence-electron chi connectivity index (χ0n) is 19.3. The number of hydrogen-bond acceptors (Lipinski definition) is 5. The lowest BCUT2D eigenvalue weighted by atomic mass is 9.82. The number of halogens is 1. The van der Waals surface area contributed by atoms with E-state index in [-0.39, 0.29) is 36.0 Å². The van der Waals surface area contributed by atoms with Crippen LogP contribution >= 0.6 is 0 Å². The summed E-state index contributed by atoms with van der Waals surface area (Å²) in [5, 5.41) is 12.8. The highest BCUT2D eigenvalue weighted by atomic mass is 28.4. The van der Waals surface area contributed by atoms with E-state index in [1.807, 2.05) is 6.07 Å². The average Bonchev–Trinajstić information content (AvgIpc) is 2.66. The van der Waals surface area contributed by atoms with Gasteiger partial charge in [0.1, 0.15) is 5.82 Å². The standard InChI is InChI=1S/C23H38FNO4Si/c1-7-28-22(27)21(26)15-25-17-10-13-19(20(24)14-17)16-8-11-18(12-9-16)29-30(5,6)23(2,3)4/h10,13-14,16,18,21,25-26H,7-9,11-12,15H2,1-6H3. The summed E-state index contributed by atoms with van der Waals surface area (Å²) in [6.45, 7) is 13.2. The van der Waals surface area contributed by atoms with Gasteiger partial charge in [0, 0.05) is 11.8 Å². The van der Waals surface area contributed by atoms with Crippen LogP contribution < -0.4 is 5.32 Å². The van der Waals surface area contributed by atoms with E-state index in [9.17, 15) is 14.3 Å². The van der Waals surface area contributed by atoms with Crippen molar-refractivity contribution in [2.75, 3.05) is 18.5 Å².